The highest BCUT2D eigenvalue weighted by Crippen LogP contribution is 2.24. The number of carbonyl (C=O) groups is 2. The first kappa shape index (κ1) is 15.4. The number of nitrogens with one attached hydrogen (secondary N) is 2. The summed E-state index contributed by atoms with van der Waals surface area (Å²) in [7, 11) is 1.28. The van der Waals surface area contributed by atoms with Crippen molar-refractivity contribution in [3.05, 3.63) is 35.2 Å². The van der Waals surface area contributed by atoms with Crippen LogP contribution in [-0.2, 0) is 14.3 Å². The molecule has 0 atom stereocenters. The first-order valence-electron chi connectivity index (χ1n) is 5.71. The van der Waals surface area contributed by atoms with Gasteiger partial charge in [0.15, 0.2) is 0 Å². The molecular formula is C12H17N5O3. The van der Waals surface area contributed by atoms with E-state index in [0.29, 0.717) is 16.8 Å². The molecule has 0 heterocycles. The minimum atomic E-state index is -0.472. The molecule has 6 N–H and O–H groups in total. The maximum absolute atomic E-state index is 11.5. The minimum Gasteiger partial charge on any atom is -0.466 e. The predicted molar refractivity (Wildman–Crippen MR) is 72.6 cm³/mol. The van der Waals surface area contributed by atoms with Gasteiger partial charge in [0.2, 0.25) is 11.9 Å². The third-order valence-electron chi connectivity index (χ3n) is 2.51. The number of hydrogen-bond donors (Lipinski definition) is 4. The predicted octanol–water partition coefficient (Wildman–Crippen LogP) is -0.537. The zero-order chi connectivity index (χ0) is 15.3. The third kappa shape index (κ3) is 3.95. The van der Waals surface area contributed by atoms with Crippen LogP contribution in [-0.4, -0.2) is 30.0 Å². The lowest BCUT2D eigenvalue weighted by Gasteiger charge is -2.20. The van der Waals surface area contributed by atoms with Crippen LogP contribution in [0.2, 0.25) is 0 Å². The van der Waals surface area contributed by atoms with Crippen LogP contribution in [0.4, 0.5) is 0 Å². The Balaban J connectivity index is 3.10. The fourth-order valence-corrected chi connectivity index (χ4v) is 1.59. The van der Waals surface area contributed by atoms with Crippen molar-refractivity contribution in [1.82, 2.24) is 10.3 Å². The van der Waals surface area contributed by atoms with Crippen molar-refractivity contribution in [2.75, 3.05) is 7.11 Å². The fourth-order valence-electron chi connectivity index (χ4n) is 1.59. The molecule has 0 spiro atoms. The molecule has 0 aromatic rings. The Hall–Kier alpha value is -2.61. The zero-order valence-corrected chi connectivity index (χ0v) is 11.3. The van der Waals surface area contributed by atoms with E-state index in [-0.39, 0.29) is 18.3 Å². The van der Waals surface area contributed by atoms with Gasteiger partial charge in [-0.15, -0.1) is 0 Å². The van der Waals surface area contributed by atoms with Gasteiger partial charge in [-0.25, -0.2) is 10.6 Å². The normalized spacial score (nSPS) is 16.1. The lowest BCUT2D eigenvalue weighted by molar-refractivity contribution is -0.136. The number of esters is 1. The van der Waals surface area contributed by atoms with Crippen LogP contribution in [0, 0.1) is 5.41 Å². The Labute approximate surface area is 116 Å². The van der Waals surface area contributed by atoms with Crippen molar-refractivity contribution >= 4 is 17.8 Å². The number of amides is 1. The number of hydrogen-bond acceptors (Lipinski definition) is 5. The number of guanidine groups is 1. The maximum Gasteiger partial charge on any atom is 0.334 e. The minimum absolute atomic E-state index is 0.208. The molecule has 0 fully saturated rings. The number of methoxy groups -OCH3 is 1. The summed E-state index contributed by atoms with van der Waals surface area (Å²) in [5.41, 5.74) is 6.68. The van der Waals surface area contributed by atoms with E-state index in [2.05, 4.69) is 10.1 Å². The molecule has 0 unspecified atom stereocenters. The Morgan fingerprint density at radius 3 is 2.65 bits per heavy atom. The Morgan fingerprint density at radius 1 is 1.50 bits per heavy atom. The third-order valence-corrected chi connectivity index (χ3v) is 2.51. The molecule has 8 heteroatoms. The van der Waals surface area contributed by atoms with Gasteiger partial charge < -0.3 is 15.8 Å². The molecule has 0 bridgehead atoms. The molecule has 20 heavy (non-hydrogen) atoms. The number of hydrazine groups is 1. The number of nitrogens with two attached hydrogens (primary N) is 2. The molecule has 0 aromatic heterocycles. The van der Waals surface area contributed by atoms with Crippen molar-refractivity contribution in [3.8, 4) is 0 Å². The SMILES string of the molecule is COC(=O)C1=CC=C(NC(C)=O)/C(=C/N(N)C(=N)N)C1. The lowest BCUT2D eigenvalue weighted by Crippen LogP contribution is -2.38. The lowest BCUT2D eigenvalue weighted by atomic mass is 9.97. The van der Waals surface area contributed by atoms with Gasteiger partial charge in [-0.1, -0.05) is 0 Å². The van der Waals surface area contributed by atoms with E-state index in [1.165, 1.54) is 20.2 Å². The molecule has 0 saturated carbocycles. The van der Waals surface area contributed by atoms with Crippen molar-refractivity contribution in [1.29, 1.82) is 5.41 Å². The highest BCUT2D eigenvalue weighted by molar-refractivity contribution is 5.90. The Kier molecular flexibility index (Phi) is 5.04. The van der Waals surface area contributed by atoms with Gasteiger partial charge in [-0.05, 0) is 17.7 Å². The van der Waals surface area contributed by atoms with Crippen molar-refractivity contribution < 1.29 is 14.3 Å². The van der Waals surface area contributed by atoms with E-state index < -0.39 is 5.97 Å². The van der Waals surface area contributed by atoms with Gasteiger partial charge in [0.1, 0.15) is 0 Å². The van der Waals surface area contributed by atoms with Crippen LogP contribution in [0.15, 0.2) is 35.2 Å². The molecule has 1 amide bonds. The molecule has 0 aliphatic heterocycles. The van der Waals surface area contributed by atoms with Crippen LogP contribution in [0.5, 0.6) is 0 Å². The van der Waals surface area contributed by atoms with Crippen LogP contribution in [0.3, 0.4) is 0 Å². The van der Waals surface area contributed by atoms with Gasteiger partial charge in [0.05, 0.1) is 7.11 Å². The number of nitrogens with zero attached hydrogens (tertiary/aromatic N) is 1. The van der Waals surface area contributed by atoms with Gasteiger partial charge in [0, 0.05) is 30.8 Å². The van der Waals surface area contributed by atoms with Crippen molar-refractivity contribution in [2.45, 2.75) is 13.3 Å². The van der Waals surface area contributed by atoms with Gasteiger partial charge in [0.25, 0.3) is 0 Å². The number of allylic oxidation sites excluding steroid dienone is 3. The van der Waals surface area contributed by atoms with Gasteiger partial charge in [-0.2, -0.15) is 0 Å². The molecule has 0 aromatic carbocycles. The maximum atomic E-state index is 11.5. The molecule has 1 aliphatic rings. The van der Waals surface area contributed by atoms with E-state index in [1.54, 1.807) is 12.2 Å². The smallest absolute Gasteiger partial charge is 0.334 e. The summed E-state index contributed by atoms with van der Waals surface area (Å²) < 4.78 is 4.64. The summed E-state index contributed by atoms with van der Waals surface area (Å²) >= 11 is 0. The van der Waals surface area contributed by atoms with Crippen molar-refractivity contribution in [2.24, 2.45) is 11.6 Å². The topological polar surface area (TPSA) is 135 Å². The zero-order valence-electron chi connectivity index (χ0n) is 11.3. The quantitative estimate of drug-likeness (QED) is 0.180. The number of ether oxygens (including phenoxy) is 1. The summed E-state index contributed by atoms with van der Waals surface area (Å²) in [6.45, 7) is 1.36. The molecule has 108 valence electrons. The average molecular weight is 279 g/mol. The molecule has 1 aliphatic carbocycles. The summed E-state index contributed by atoms with van der Waals surface area (Å²) in [6.07, 6.45) is 4.71. The second-order valence-corrected chi connectivity index (χ2v) is 4.07. The van der Waals surface area contributed by atoms with Crippen molar-refractivity contribution in [3.63, 3.8) is 0 Å². The Morgan fingerprint density at radius 2 is 2.15 bits per heavy atom. The van der Waals surface area contributed by atoms with Gasteiger partial charge >= 0.3 is 5.97 Å². The summed E-state index contributed by atoms with van der Waals surface area (Å²) in [5, 5.41) is 10.7. The first-order valence-corrected chi connectivity index (χ1v) is 5.71. The standard InChI is InChI=1S/C12H17N5O3/c1-7(18)16-10-4-3-8(11(19)20-2)5-9(10)6-17(15)12(13)14/h3-4,6H,5,15H2,1-2H3,(H3,13,14)(H,16,18)/b9-6+. The van der Waals surface area contributed by atoms with E-state index in [4.69, 9.17) is 17.0 Å². The highest BCUT2D eigenvalue weighted by Gasteiger charge is 2.19. The van der Waals surface area contributed by atoms with E-state index in [9.17, 15) is 9.59 Å². The monoisotopic (exact) mass is 279 g/mol. The number of carbonyl (C=O) groups excluding carboxylic acids is 2. The van der Waals surface area contributed by atoms with Crippen LogP contribution in [0.1, 0.15) is 13.3 Å². The van der Waals surface area contributed by atoms with E-state index in [0.717, 1.165) is 5.01 Å². The average Bonchev–Trinajstić information content (AvgIpc) is 2.39. The summed E-state index contributed by atoms with van der Waals surface area (Å²) in [6, 6.07) is 0. The second kappa shape index (κ2) is 6.53. The Bertz CT molecular complexity index is 533. The van der Waals surface area contributed by atoms with Crippen LogP contribution < -0.4 is 16.9 Å². The summed E-state index contributed by atoms with van der Waals surface area (Å²) in [4.78, 5) is 22.7. The molecular weight excluding hydrogens is 262 g/mol. The largest absolute Gasteiger partial charge is 0.466 e. The highest BCUT2D eigenvalue weighted by atomic mass is 16.5. The molecule has 8 nitrogen and oxygen atoms in total. The fraction of sp³-hybridized carbons (Fsp3) is 0.250. The molecule has 1 rings (SSSR count). The van der Waals surface area contributed by atoms with Crippen LogP contribution >= 0.6 is 0 Å². The van der Waals surface area contributed by atoms with Gasteiger partial charge in [-0.3, -0.25) is 15.2 Å². The summed E-state index contributed by atoms with van der Waals surface area (Å²) in [5.74, 6) is 4.43. The van der Waals surface area contributed by atoms with E-state index in [1.807, 2.05) is 0 Å². The first-order chi connectivity index (χ1) is 9.35. The van der Waals surface area contributed by atoms with Crippen LogP contribution in [0.25, 0.3) is 0 Å². The molecule has 0 saturated heterocycles. The number of rotatable bonds is 3. The van der Waals surface area contributed by atoms with E-state index >= 15 is 0 Å². The second-order valence-electron chi connectivity index (χ2n) is 4.07. The molecule has 0 radical (unpaired) electrons.